The van der Waals surface area contributed by atoms with Crippen molar-refractivity contribution in [2.45, 2.75) is 38.3 Å². The summed E-state index contributed by atoms with van der Waals surface area (Å²) < 4.78 is 7.57. The van der Waals surface area contributed by atoms with Gasteiger partial charge in [-0.15, -0.1) is 0 Å². The van der Waals surface area contributed by atoms with Gasteiger partial charge in [-0.25, -0.2) is 0 Å². The molecule has 1 saturated heterocycles. The monoisotopic (exact) mass is 263 g/mol. The van der Waals surface area contributed by atoms with Gasteiger partial charge in [0.1, 0.15) is 6.04 Å². The number of aromatic nitrogens is 2. The van der Waals surface area contributed by atoms with Crippen LogP contribution in [0, 0.1) is 5.92 Å². The van der Waals surface area contributed by atoms with Gasteiger partial charge in [0.15, 0.2) is 0 Å². The summed E-state index contributed by atoms with van der Waals surface area (Å²) in [6.07, 6.45) is 7.35. The Morgan fingerprint density at radius 3 is 3.00 bits per heavy atom. The largest absolute Gasteiger partial charge is 0.376 e. The van der Waals surface area contributed by atoms with E-state index in [1.165, 1.54) is 12.8 Å². The molecule has 1 aliphatic heterocycles. The first kappa shape index (κ1) is 12.7. The summed E-state index contributed by atoms with van der Waals surface area (Å²) in [5, 5.41) is 4.13. The number of carbonyl (C=O) groups is 1. The lowest BCUT2D eigenvalue weighted by Crippen LogP contribution is -2.35. The molecule has 0 N–H and O–H groups in total. The van der Waals surface area contributed by atoms with E-state index < -0.39 is 0 Å². The lowest BCUT2D eigenvalue weighted by atomic mass is 10.3. The van der Waals surface area contributed by atoms with Crippen LogP contribution < -0.4 is 0 Å². The molecule has 0 unspecified atom stereocenters. The van der Waals surface area contributed by atoms with Gasteiger partial charge in [-0.3, -0.25) is 9.48 Å². The van der Waals surface area contributed by atoms with Crippen LogP contribution in [0.15, 0.2) is 18.5 Å². The van der Waals surface area contributed by atoms with E-state index >= 15 is 0 Å². The predicted octanol–water partition coefficient (Wildman–Crippen LogP) is 1.47. The van der Waals surface area contributed by atoms with Crippen molar-refractivity contribution in [3.05, 3.63) is 18.5 Å². The van der Waals surface area contributed by atoms with Gasteiger partial charge in [0, 0.05) is 32.1 Å². The Balaban J connectivity index is 1.50. The highest BCUT2D eigenvalue weighted by molar-refractivity contribution is 5.80. The van der Waals surface area contributed by atoms with Crippen molar-refractivity contribution in [3.63, 3.8) is 0 Å². The van der Waals surface area contributed by atoms with Gasteiger partial charge >= 0.3 is 0 Å². The van der Waals surface area contributed by atoms with Gasteiger partial charge in [-0.05, 0) is 38.2 Å². The maximum atomic E-state index is 12.3. The summed E-state index contributed by atoms with van der Waals surface area (Å²) in [5.41, 5.74) is 0. The van der Waals surface area contributed by atoms with E-state index in [0.717, 1.165) is 32.0 Å². The van der Waals surface area contributed by atoms with Crippen LogP contribution in [-0.4, -0.2) is 46.4 Å². The molecule has 0 spiro atoms. The predicted molar refractivity (Wildman–Crippen MR) is 70.6 cm³/mol. The third-order valence-electron chi connectivity index (χ3n) is 4.00. The van der Waals surface area contributed by atoms with Crippen LogP contribution in [0.3, 0.4) is 0 Å². The molecule has 1 saturated carbocycles. The fourth-order valence-electron chi connectivity index (χ4n) is 2.51. The number of carbonyl (C=O) groups excluding carboxylic acids is 1. The molecule has 1 aliphatic carbocycles. The fraction of sp³-hybridized carbons (Fsp3) is 0.714. The van der Waals surface area contributed by atoms with Crippen molar-refractivity contribution in [1.29, 1.82) is 0 Å². The van der Waals surface area contributed by atoms with Crippen LogP contribution in [0.5, 0.6) is 0 Å². The molecule has 2 fully saturated rings. The SMILES string of the molecule is C[C@@H](C(=O)N1CC[C@H](OCC2CC2)C1)n1cccn1. The summed E-state index contributed by atoms with van der Waals surface area (Å²) in [7, 11) is 0. The Kier molecular flexibility index (Phi) is 3.55. The van der Waals surface area contributed by atoms with Crippen molar-refractivity contribution < 1.29 is 9.53 Å². The molecule has 2 heterocycles. The molecule has 5 heteroatoms. The van der Waals surface area contributed by atoms with Crippen molar-refractivity contribution in [1.82, 2.24) is 14.7 Å². The molecule has 104 valence electrons. The number of nitrogens with zero attached hydrogens (tertiary/aromatic N) is 3. The number of hydrogen-bond acceptors (Lipinski definition) is 3. The Morgan fingerprint density at radius 1 is 1.47 bits per heavy atom. The van der Waals surface area contributed by atoms with Crippen molar-refractivity contribution >= 4 is 5.91 Å². The zero-order valence-electron chi connectivity index (χ0n) is 11.4. The molecule has 2 atom stereocenters. The number of ether oxygens (including phenoxy) is 1. The van der Waals surface area contributed by atoms with Crippen molar-refractivity contribution in [2.75, 3.05) is 19.7 Å². The van der Waals surface area contributed by atoms with Gasteiger partial charge in [0.25, 0.3) is 0 Å². The Bertz CT molecular complexity index is 428. The van der Waals surface area contributed by atoms with Crippen LogP contribution in [0.4, 0.5) is 0 Å². The molecule has 2 aliphatic rings. The topological polar surface area (TPSA) is 47.4 Å². The average Bonchev–Trinajstić information content (AvgIpc) is 2.94. The van der Waals surface area contributed by atoms with Gasteiger partial charge < -0.3 is 9.64 Å². The molecular formula is C14H21N3O2. The number of rotatable bonds is 5. The molecule has 0 aromatic carbocycles. The highest BCUT2D eigenvalue weighted by Gasteiger charge is 2.31. The summed E-state index contributed by atoms with van der Waals surface area (Å²) >= 11 is 0. The molecule has 1 aromatic heterocycles. The Labute approximate surface area is 113 Å². The lowest BCUT2D eigenvalue weighted by Gasteiger charge is -2.21. The summed E-state index contributed by atoms with van der Waals surface area (Å²) in [6.45, 7) is 4.31. The molecule has 0 radical (unpaired) electrons. The van der Waals surface area contributed by atoms with Gasteiger partial charge in [-0.1, -0.05) is 0 Å². The molecule has 1 amide bonds. The quantitative estimate of drug-likeness (QED) is 0.808. The molecule has 0 bridgehead atoms. The normalized spacial score (nSPS) is 24.7. The number of hydrogen-bond donors (Lipinski definition) is 0. The highest BCUT2D eigenvalue weighted by atomic mass is 16.5. The van der Waals surface area contributed by atoms with Gasteiger partial charge in [0.2, 0.25) is 5.91 Å². The first-order valence-electron chi connectivity index (χ1n) is 7.13. The van der Waals surface area contributed by atoms with E-state index in [-0.39, 0.29) is 18.1 Å². The average molecular weight is 263 g/mol. The first-order valence-corrected chi connectivity index (χ1v) is 7.13. The van der Waals surface area contributed by atoms with Crippen LogP contribution in [0.1, 0.15) is 32.2 Å². The second-order valence-electron chi connectivity index (χ2n) is 5.63. The second kappa shape index (κ2) is 5.33. The van der Waals surface area contributed by atoms with E-state index in [2.05, 4.69) is 5.10 Å². The van der Waals surface area contributed by atoms with E-state index in [9.17, 15) is 4.79 Å². The van der Waals surface area contributed by atoms with Crippen LogP contribution >= 0.6 is 0 Å². The Hall–Kier alpha value is -1.36. The zero-order chi connectivity index (χ0) is 13.2. The maximum Gasteiger partial charge on any atom is 0.247 e. The van der Waals surface area contributed by atoms with E-state index in [0.29, 0.717) is 0 Å². The summed E-state index contributed by atoms with van der Waals surface area (Å²) in [5.74, 6) is 0.925. The molecule has 1 aromatic rings. The minimum absolute atomic E-state index is 0.140. The molecule has 3 rings (SSSR count). The van der Waals surface area contributed by atoms with E-state index in [1.54, 1.807) is 10.9 Å². The molecule has 19 heavy (non-hydrogen) atoms. The van der Waals surface area contributed by atoms with E-state index in [1.807, 2.05) is 24.1 Å². The zero-order valence-corrected chi connectivity index (χ0v) is 11.4. The third-order valence-corrected chi connectivity index (χ3v) is 4.00. The Morgan fingerprint density at radius 2 is 2.32 bits per heavy atom. The van der Waals surface area contributed by atoms with E-state index in [4.69, 9.17) is 4.74 Å². The fourth-order valence-corrected chi connectivity index (χ4v) is 2.51. The smallest absolute Gasteiger partial charge is 0.247 e. The van der Waals surface area contributed by atoms with Crippen molar-refractivity contribution in [2.24, 2.45) is 5.92 Å². The van der Waals surface area contributed by atoms with Crippen LogP contribution in [0.25, 0.3) is 0 Å². The van der Waals surface area contributed by atoms with Gasteiger partial charge in [0.05, 0.1) is 6.10 Å². The number of amides is 1. The van der Waals surface area contributed by atoms with Crippen molar-refractivity contribution in [3.8, 4) is 0 Å². The maximum absolute atomic E-state index is 12.3. The lowest BCUT2D eigenvalue weighted by molar-refractivity contribution is -0.134. The van der Waals surface area contributed by atoms with Gasteiger partial charge in [-0.2, -0.15) is 5.10 Å². The minimum atomic E-state index is -0.225. The molecule has 5 nitrogen and oxygen atoms in total. The standard InChI is InChI=1S/C14H21N3O2/c1-11(17-7-2-6-15-17)14(18)16-8-5-13(9-16)19-10-12-3-4-12/h2,6-7,11-13H,3-5,8-10H2,1H3/t11-,13-/m0/s1. The second-order valence-corrected chi connectivity index (χ2v) is 5.63. The third kappa shape index (κ3) is 2.97. The molecular weight excluding hydrogens is 242 g/mol. The number of likely N-dealkylation sites (tertiary alicyclic amines) is 1. The minimum Gasteiger partial charge on any atom is -0.376 e. The summed E-state index contributed by atoms with van der Waals surface area (Å²) in [6, 6.07) is 1.62. The van der Waals surface area contributed by atoms with Crippen LogP contribution in [0.2, 0.25) is 0 Å². The summed E-state index contributed by atoms with van der Waals surface area (Å²) in [4.78, 5) is 14.3. The highest BCUT2D eigenvalue weighted by Crippen LogP contribution is 2.30. The first-order chi connectivity index (χ1) is 9.24. The van der Waals surface area contributed by atoms with Crippen LogP contribution in [-0.2, 0) is 9.53 Å².